The van der Waals surface area contributed by atoms with Crippen LogP contribution in [0.4, 0.5) is 0 Å². The standard InChI is InChI=1S/C9H13N3O2S/c1-5-4-10-9(15-5)11-6-2-3-7(13)12-8(6)14/h5-6H,2-4H2,1H3,(H,10,11)(H,12,13,14). The molecule has 5 nitrogen and oxygen atoms in total. The number of piperidine rings is 1. The fraction of sp³-hybridized carbons (Fsp3) is 0.667. The summed E-state index contributed by atoms with van der Waals surface area (Å²) < 4.78 is 0. The number of amidine groups is 1. The zero-order chi connectivity index (χ0) is 10.8. The Labute approximate surface area is 92.1 Å². The van der Waals surface area contributed by atoms with Gasteiger partial charge >= 0.3 is 0 Å². The van der Waals surface area contributed by atoms with Crippen LogP contribution >= 0.6 is 11.8 Å². The van der Waals surface area contributed by atoms with Gasteiger partial charge in [-0.05, 0) is 6.42 Å². The number of nitrogens with one attached hydrogen (secondary N) is 2. The van der Waals surface area contributed by atoms with E-state index in [0.29, 0.717) is 18.1 Å². The van der Waals surface area contributed by atoms with Crippen molar-refractivity contribution < 1.29 is 9.59 Å². The second-order valence-electron chi connectivity index (χ2n) is 3.72. The van der Waals surface area contributed by atoms with Gasteiger partial charge in [0.15, 0.2) is 5.17 Å². The highest BCUT2D eigenvalue weighted by Gasteiger charge is 2.28. The van der Waals surface area contributed by atoms with Crippen molar-refractivity contribution in [3.05, 3.63) is 0 Å². The number of carbonyl (C=O) groups is 2. The van der Waals surface area contributed by atoms with Gasteiger partial charge < -0.3 is 5.32 Å². The monoisotopic (exact) mass is 227 g/mol. The summed E-state index contributed by atoms with van der Waals surface area (Å²) in [6.45, 7) is 2.88. The van der Waals surface area contributed by atoms with Crippen LogP contribution in [0, 0.1) is 0 Å². The van der Waals surface area contributed by atoms with Crippen molar-refractivity contribution in [2.45, 2.75) is 31.1 Å². The Morgan fingerprint density at radius 3 is 2.93 bits per heavy atom. The molecule has 6 heteroatoms. The highest BCUT2D eigenvalue weighted by atomic mass is 32.2. The molecule has 2 atom stereocenters. The molecular weight excluding hydrogens is 214 g/mol. The lowest BCUT2D eigenvalue weighted by molar-refractivity contribution is -0.134. The minimum absolute atomic E-state index is 0.188. The summed E-state index contributed by atoms with van der Waals surface area (Å²) >= 11 is 1.64. The van der Waals surface area contributed by atoms with E-state index in [2.05, 4.69) is 22.5 Å². The Balaban J connectivity index is 1.89. The van der Waals surface area contributed by atoms with E-state index in [9.17, 15) is 9.59 Å². The molecule has 0 aromatic carbocycles. The van der Waals surface area contributed by atoms with Gasteiger partial charge in [0.1, 0.15) is 6.04 Å². The van der Waals surface area contributed by atoms with Gasteiger partial charge in [-0.25, -0.2) is 0 Å². The molecule has 2 aliphatic heterocycles. The minimum Gasteiger partial charge on any atom is -0.353 e. The molecule has 2 unspecified atom stereocenters. The molecule has 2 N–H and O–H groups in total. The number of aliphatic imine (C=N–C) groups is 1. The van der Waals surface area contributed by atoms with Gasteiger partial charge in [-0.1, -0.05) is 18.7 Å². The van der Waals surface area contributed by atoms with Crippen molar-refractivity contribution in [3.63, 3.8) is 0 Å². The lowest BCUT2D eigenvalue weighted by atomic mass is 10.1. The molecule has 2 rings (SSSR count). The molecule has 0 aromatic heterocycles. The van der Waals surface area contributed by atoms with Crippen LogP contribution in [0.5, 0.6) is 0 Å². The van der Waals surface area contributed by atoms with E-state index < -0.39 is 0 Å². The van der Waals surface area contributed by atoms with Gasteiger partial charge in [-0.15, -0.1) is 0 Å². The second kappa shape index (κ2) is 4.22. The highest BCUT2D eigenvalue weighted by molar-refractivity contribution is 8.14. The van der Waals surface area contributed by atoms with Gasteiger partial charge in [0.25, 0.3) is 0 Å². The van der Waals surface area contributed by atoms with E-state index in [1.54, 1.807) is 11.8 Å². The van der Waals surface area contributed by atoms with Crippen LogP contribution < -0.4 is 10.6 Å². The van der Waals surface area contributed by atoms with E-state index in [0.717, 1.165) is 11.7 Å². The predicted octanol–water partition coefficient (Wildman–Crippen LogP) is -0.127. The average molecular weight is 227 g/mol. The molecule has 0 aromatic rings. The SMILES string of the molecule is CC1CN=C(NC2CCC(=O)NC2=O)S1. The number of nitrogens with zero attached hydrogens (tertiary/aromatic N) is 1. The molecule has 82 valence electrons. The van der Waals surface area contributed by atoms with E-state index >= 15 is 0 Å². The lowest BCUT2D eigenvalue weighted by Gasteiger charge is -2.22. The normalized spacial score (nSPS) is 31.1. The Morgan fingerprint density at radius 1 is 1.53 bits per heavy atom. The summed E-state index contributed by atoms with van der Waals surface area (Å²) in [7, 11) is 0. The van der Waals surface area contributed by atoms with Crippen molar-refractivity contribution in [2.75, 3.05) is 6.54 Å². The third-order valence-corrected chi connectivity index (χ3v) is 3.36. The maximum atomic E-state index is 11.4. The van der Waals surface area contributed by atoms with Crippen LogP contribution in [0.25, 0.3) is 0 Å². The smallest absolute Gasteiger partial charge is 0.249 e. The van der Waals surface area contributed by atoms with Crippen molar-refractivity contribution in [1.82, 2.24) is 10.6 Å². The molecule has 1 fully saturated rings. The summed E-state index contributed by atoms with van der Waals surface area (Å²) in [4.78, 5) is 26.6. The molecule has 0 radical (unpaired) electrons. The number of hydrogen-bond acceptors (Lipinski definition) is 5. The maximum Gasteiger partial charge on any atom is 0.249 e. The lowest BCUT2D eigenvalue weighted by Crippen LogP contribution is -2.51. The molecule has 2 aliphatic rings. The van der Waals surface area contributed by atoms with E-state index in [1.165, 1.54) is 0 Å². The largest absolute Gasteiger partial charge is 0.353 e. The molecule has 0 saturated carbocycles. The summed E-state index contributed by atoms with van der Waals surface area (Å²) in [5.41, 5.74) is 0. The quantitative estimate of drug-likeness (QED) is 0.612. The maximum absolute atomic E-state index is 11.4. The summed E-state index contributed by atoms with van der Waals surface area (Å²) in [5.74, 6) is -0.429. The third kappa shape index (κ3) is 2.50. The highest BCUT2D eigenvalue weighted by Crippen LogP contribution is 2.19. The molecule has 0 spiro atoms. The number of amides is 2. The van der Waals surface area contributed by atoms with Crippen LogP contribution in [-0.2, 0) is 9.59 Å². The summed E-state index contributed by atoms with van der Waals surface area (Å²) in [6.07, 6.45) is 0.954. The molecule has 15 heavy (non-hydrogen) atoms. The third-order valence-electron chi connectivity index (χ3n) is 2.34. The Bertz CT molecular complexity index is 329. The van der Waals surface area contributed by atoms with Gasteiger partial charge in [0.2, 0.25) is 11.8 Å². The fourth-order valence-electron chi connectivity index (χ4n) is 1.54. The first-order valence-corrected chi connectivity index (χ1v) is 5.84. The number of thioether (sulfide) groups is 1. The van der Waals surface area contributed by atoms with E-state index in [4.69, 9.17) is 0 Å². The second-order valence-corrected chi connectivity index (χ2v) is 5.15. The summed E-state index contributed by atoms with van der Waals surface area (Å²) in [6, 6.07) is -0.306. The van der Waals surface area contributed by atoms with Gasteiger partial charge in [0, 0.05) is 11.7 Å². The van der Waals surface area contributed by atoms with Gasteiger partial charge in [-0.3, -0.25) is 19.9 Å². The van der Waals surface area contributed by atoms with E-state index in [-0.39, 0.29) is 17.9 Å². The Kier molecular flexibility index (Phi) is 2.95. The number of carbonyl (C=O) groups excluding carboxylic acids is 2. The average Bonchev–Trinajstić information content (AvgIpc) is 2.56. The fourth-order valence-corrected chi connectivity index (χ4v) is 2.43. The van der Waals surface area contributed by atoms with Gasteiger partial charge in [-0.2, -0.15) is 0 Å². The van der Waals surface area contributed by atoms with Crippen LogP contribution in [-0.4, -0.2) is 34.8 Å². The van der Waals surface area contributed by atoms with Gasteiger partial charge in [0.05, 0.1) is 6.54 Å². The topological polar surface area (TPSA) is 70.6 Å². The first-order valence-electron chi connectivity index (χ1n) is 4.96. The molecule has 2 amide bonds. The van der Waals surface area contributed by atoms with Crippen molar-refractivity contribution in [3.8, 4) is 0 Å². The zero-order valence-corrected chi connectivity index (χ0v) is 9.26. The number of imide groups is 1. The Morgan fingerprint density at radius 2 is 2.33 bits per heavy atom. The molecule has 1 saturated heterocycles. The number of hydrogen-bond donors (Lipinski definition) is 2. The van der Waals surface area contributed by atoms with Crippen LogP contribution in [0.1, 0.15) is 19.8 Å². The molecule has 0 aliphatic carbocycles. The zero-order valence-electron chi connectivity index (χ0n) is 8.45. The van der Waals surface area contributed by atoms with Crippen molar-refractivity contribution in [1.29, 1.82) is 0 Å². The summed E-state index contributed by atoms with van der Waals surface area (Å²) in [5, 5.41) is 6.67. The Hall–Kier alpha value is -1.04. The number of rotatable bonds is 1. The minimum atomic E-state index is -0.306. The van der Waals surface area contributed by atoms with E-state index in [1.807, 2.05) is 0 Å². The molecule has 0 bridgehead atoms. The molecular formula is C9H13N3O2S. The van der Waals surface area contributed by atoms with Crippen molar-refractivity contribution in [2.24, 2.45) is 4.99 Å². The molecule has 2 heterocycles. The van der Waals surface area contributed by atoms with Crippen LogP contribution in [0.3, 0.4) is 0 Å². The van der Waals surface area contributed by atoms with Crippen LogP contribution in [0.15, 0.2) is 4.99 Å². The first kappa shape index (κ1) is 10.5. The predicted molar refractivity (Wildman–Crippen MR) is 58.7 cm³/mol. The first-order chi connectivity index (χ1) is 7.15. The van der Waals surface area contributed by atoms with Crippen molar-refractivity contribution >= 4 is 28.7 Å². The van der Waals surface area contributed by atoms with Crippen LogP contribution in [0.2, 0.25) is 0 Å².